The van der Waals surface area contributed by atoms with Crippen LogP contribution in [0.5, 0.6) is 0 Å². The fourth-order valence-electron chi connectivity index (χ4n) is 1.28. The zero-order chi connectivity index (χ0) is 11.6. The molecule has 0 radical (unpaired) electrons. The Bertz CT molecular complexity index is 397. The van der Waals surface area contributed by atoms with E-state index in [1.54, 1.807) is 19.9 Å². The lowest BCUT2D eigenvalue weighted by molar-refractivity contribution is 0.0698. The molecule has 0 amide bonds. The lowest BCUT2D eigenvalue weighted by Gasteiger charge is -2.15. The third kappa shape index (κ3) is 2.10. The van der Waals surface area contributed by atoms with E-state index in [1.165, 1.54) is 6.08 Å². The molecule has 0 fully saturated rings. The molecule has 0 saturated carbocycles. The van der Waals surface area contributed by atoms with Crippen LogP contribution < -0.4 is 5.73 Å². The van der Waals surface area contributed by atoms with Gasteiger partial charge in [-0.05, 0) is 26.8 Å². The van der Waals surface area contributed by atoms with Crippen LogP contribution >= 0.6 is 0 Å². The number of hydrogen-bond donors (Lipinski definition) is 2. The van der Waals surface area contributed by atoms with Crippen molar-refractivity contribution in [3.63, 3.8) is 0 Å². The Labute approximate surface area is 89.1 Å². The largest absolute Gasteiger partial charge is 0.398 e. The maximum absolute atomic E-state index is 9.88. The number of nitrogens with two attached hydrogens (primary N) is 1. The molecule has 0 spiro atoms. The summed E-state index contributed by atoms with van der Waals surface area (Å²) in [5.74, 6) is 0.475. The third-order valence-electron chi connectivity index (χ3n) is 2.08. The molecule has 0 saturated heterocycles. The lowest BCUT2D eigenvalue weighted by Crippen LogP contribution is -2.19. The molecule has 1 rings (SSSR count). The fourth-order valence-corrected chi connectivity index (χ4v) is 1.28. The first-order valence-electron chi connectivity index (χ1n) is 4.69. The number of hydrogen-bond acceptors (Lipinski definition) is 4. The summed E-state index contributed by atoms with van der Waals surface area (Å²) in [7, 11) is 0. The van der Waals surface area contributed by atoms with E-state index in [2.05, 4.69) is 11.7 Å². The smallest absolute Gasteiger partial charge is 0.168 e. The molecule has 3 N–H and O–H groups in total. The van der Waals surface area contributed by atoms with Gasteiger partial charge in [0.2, 0.25) is 0 Å². The van der Waals surface area contributed by atoms with E-state index in [9.17, 15) is 5.11 Å². The number of aromatic nitrogens is 1. The van der Waals surface area contributed by atoms with Crippen molar-refractivity contribution in [2.24, 2.45) is 5.73 Å². The highest BCUT2D eigenvalue weighted by atomic mass is 16.5. The van der Waals surface area contributed by atoms with Gasteiger partial charge < -0.3 is 15.4 Å². The van der Waals surface area contributed by atoms with Crippen LogP contribution in [-0.2, 0) is 5.60 Å². The van der Waals surface area contributed by atoms with Gasteiger partial charge in [0.15, 0.2) is 5.76 Å². The molecule has 0 unspecified atom stereocenters. The quantitative estimate of drug-likeness (QED) is 0.795. The number of rotatable bonds is 3. The van der Waals surface area contributed by atoms with E-state index in [-0.39, 0.29) is 0 Å². The maximum Gasteiger partial charge on any atom is 0.168 e. The molecule has 15 heavy (non-hydrogen) atoms. The summed E-state index contributed by atoms with van der Waals surface area (Å²) >= 11 is 0. The van der Waals surface area contributed by atoms with Crippen molar-refractivity contribution in [3.8, 4) is 0 Å². The molecular formula is C11H16N2O2. The molecule has 1 aromatic heterocycles. The SMILES string of the molecule is C=Cc1onc(C(C)(C)O)c1/C(N)=C\C. The summed E-state index contributed by atoms with van der Waals surface area (Å²) in [6.07, 6.45) is 3.25. The molecule has 0 aliphatic carbocycles. The van der Waals surface area contributed by atoms with Crippen LogP contribution in [0.15, 0.2) is 17.2 Å². The monoisotopic (exact) mass is 208 g/mol. The topological polar surface area (TPSA) is 72.3 Å². The molecule has 1 heterocycles. The van der Waals surface area contributed by atoms with Crippen molar-refractivity contribution in [1.29, 1.82) is 0 Å². The Hall–Kier alpha value is -1.55. The van der Waals surface area contributed by atoms with Crippen molar-refractivity contribution >= 4 is 11.8 Å². The first kappa shape index (κ1) is 11.5. The van der Waals surface area contributed by atoms with E-state index < -0.39 is 5.60 Å². The predicted molar refractivity (Wildman–Crippen MR) is 59.7 cm³/mol. The van der Waals surface area contributed by atoms with Gasteiger partial charge >= 0.3 is 0 Å². The Morgan fingerprint density at radius 1 is 1.60 bits per heavy atom. The Morgan fingerprint density at radius 2 is 2.20 bits per heavy atom. The molecule has 0 atom stereocenters. The van der Waals surface area contributed by atoms with E-state index in [4.69, 9.17) is 10.3 Å². The molecule has 4 heteroatoms. The first-order chi connectivity index (χ1) is 6.91. The van der Waals surface area contributed by atoms with Gasteiger partial charge in [-0.3, -0.25) is 0 Å². The zero-order valence-corrected chi connectivity index (χ0v) is 9.24. The highest BCUT2D eigenvalue weighted by Crippen LogP contribution is 2.29. The van der Waals surface area contributed by atoms with Gasteiger partial charge in [0.05, 0.1) is 5.56 Å². The molecule has 4 nitrogen and oxygen atoms in total. The van der Waals surface area contributed by atoms with Crippen molar-refractivity contribution in [2.45, 2.75) is 26.4 Å². The predicted octanol–water partition coefficient (Wildman–Crippen LogP) is 1.86. The second-order valence-corrected chi connectivity index (χ2v) is 3.78. The molecular weight excluding hydrogens is 192 g/mol. The van der Waals surface area contributed by atoms with Gasteiger partial charge in [0, 0.05) is 5.70 Å². The van der Waals surface area contributed by atoms with Gasteiger partial charge in [0.1, 0.15) is 11.3 Å². The summed E-state index contributed by atoms with van der Waals surface area (Å²) in [6.45, 7) is 8.67. The third-order valence-corrected chi connectivity index (χ3v) is 2.08. The molecule has 0 bridgehead atoms. The number of allylic oxidation sites excluding steroid dienone is 1. The van der Waals surface area contributed by atoms with Crippen molar-refractivity contribution in [2.75, 3.05) is 0 Å². The standard InChI is InChI=1S/C11H16N2O2/c1-5-7(12)9-8(6-2)15-13-10(9)11(3,4)14/h5-6,14H,2,12H2,1,3-4H3/b7-5+. The van der Waals surface area contributed by atoms with Crippen LogP contribution in [0.3, 0.4) is 0 Å². The average molecular weight is 208 g/mol. The summed E-state index contributed by atoms with van der Waals surface area (Å²) in [5, 5.41) is 13.7. The van der Waals surface area contributed by atoms with Crippen LogP contribution in [0.2, 0.25) is 0 Å². The lowest BCUT2D eigenvalue weighted by atomic mass is 9.97. The highest BCUT2D eigenvalue weighted by Gasteiger charge is 2.27. The molecule has 1 aromatic rings. The number of nitrogens with zero attached hydrogens (tertiary/aromatic N) is 1. The van der Waals surface area contributed by atoms with E-state index in [1.807, 2.05) is 6.92 Å². The molecule has 0 aliphatic rings. The van der Waals surface area contributed by atoms with E-state index >= 15 is 0 Å². The summed E-state index contributed by atoms with van der Waals surface area (Å²) in [4.78, 5) is 0. The van der Waals surface area contributed by atoms with Crippen LogP contribution in [0.4, 0.5) is 0 Å². The van der Waals surface area contributed by atoms with Gasteiger partial charge in [0.25, 0.3) is 0 Å². The zero-order valence-electron chi connectivity index (χ0n) is 9.24. The Balaban J connectivity index is 3.43. The van der Waals surface area contributed by atoms with Crippen LogP contribution in [0.1, 0.15) is 37.8 Å². The second kappa shape index (κ2) is 3.90. The minimum Gasteiger partial charge on any atom is -0.398 e. The molecule has 82 valence electrons. The minimum atomic E-state index is -1.09. The summed E-state index contributed by atoms with van der Waals surface area (Å²) in [5.41, 5.74) is 6.28. The first-order valence-corrected chi connectivity index (χ1v) is 4.69. The fraction of sp³-hybridized carbons (Fsp3) is 0.364. The van der Waals surface area contributed by atoms with Crippen LogP contribution in [0.25, 0.3) is 11.8 Å². The second-order valence-electron chi connectivity index (χ2n) is 3.78. The van der Waals surface area contributed by atoms with Crippen molar-refractivity contribution in [3.05, 3.63) is 29.7 Å². The number of aliphatic hydroxyl groups is 1. The molecule has 0 aromatic carbocycles. The molecule has 0 aliphatic heterocycles. The Kier molecular flexibility index (Phi) is 3.00. The van der Waals surface area contributed by atoms with E-state index in [0.717, 1.165) is 0 Å². The van der Waals surface area contributed by atoms with Crippen molar-refractivity contribution in [1.82, 2.24) is 5.16 Å². The Morgan fingerprint density at radius 3 is 2.60 bits per heavy atom. The van der Waals surface area contributed by atoms with Crippen LogP contribution in [-0.4, -0.2) is 10.3 Å². The average Bonchev–Trinajstić information content (AvgIpc) is 2.59. The minimum absolute atomic E-state index is 0.424. The van der Waals surface area contributed by atoms with E-state index in [0.29, 0.717) is 22.7 Å². The maximum atomic E-state index is 9.88. The summed E-state index contributed by atoms with van der Waals surface area (Å²) in [6, 6.07) is 0. The van der Waals surface area contributed by atoms with Gasteiger partial charge in [-0.15, -0.1) is 0 Å². The van der Waals surface area contributed by atoms with Crippen LogP contribution in [0, 0.1) is 0 Å². The van der Waals surface area contributed by atoms with Crippen molar-refractivity contribution < 1.29 is 9.63 Å². The summed E-state index contributed by atoms with van der Waals surface area (Å²) < 4.78 is 5.05. The van der Waals surface area contributed by atoms with Gasteiger partial charge in [-0.2, -0.15) is 0 Å². The van der Waals surface area contributed by atoms with Gasteiger partial charge in [-0.1, -0.05) is 17.8 Å². The highest BCUT2D eigenvalue weighted by molar-refractivity contribution is 5.71. The normalized spacial score (nSPS) is 12.9. The van der Waals surface area contributed by atoms with Gasteiger partial charge in [-0.25, -0.2) is 0 Å².